The van der Waals surface area contributed by atoms with E-state index in [1.165, 1.54) is 6.92 Å². The van der Waals surface area contributed by atoms with Crippen LogP contribution >= 0.6 is 0 Å². The first-order valence-electron chi connectivity index (χ1n) is 5.25. The van der Waals surface area contributed by atoms with Crippen molar-refractivity contribution in [3.8, 4) is 0 Å². The third-order valence-electron chi connectivity index (χ3n) is 1.81. The number of aliphatic carboxylic acids is 3. The molecule has 7 N–H and O–H groups in total. The van der Waals surface area contributed by atoms with Gasteiger partial charge in [0, 0.05) is 12.8 Å². The van der Waals surface area contributed by atoms with Gasteiger partial charge in [-0.15, -0.1) is 0 Å². The number of carboxylic acid groups (broad SMARTS) is 3. The second-order valence-corrected chi connectivity index (χ2v) is 3.73. The van der Waals surface area contributed by atoms with E-state index in [-0.39, 0.29) is 25.0 Å². The largest absolute Gasteiger partial charge is 0.481 e. The van der Waals surface area contributed by atoms with Gasteiger partial charge in [-0.05, 0) is 13.3 Å². The zero-order valence-corrected chi connectivity index (χ0v) is 10.4. The molecule has 0 spiro atoms. The lowest BCUT2D eigenvalue weighted by molar-refractivity contribution is -0.141. The van der Waals surface area contributed by atoms with Crippen molar-refractivity contribution in [2.75, 3.05) is 0 Å². The number of ketones is 1. The predicted octanol–water partition coefficient (Wildman–Crippen LogP) is -1.36. The molecule has 110 valence electrons. The molecule has 0 radical (unpaired) electrons. The van der Waals surface area contributed by atoms with Crippen LogP contribution in [0.2, 0.25) is 0 Å². The molecule has 2 atom stereocenters. The molecule has 0 aliphatic carbocycles. The molecule has 0 aromatic rings. The van der Waals surface area contributed by atoms with Crippen molar-refractivity contribution in [3.05, 3.63) is 0 Å². The Morgan fingerprint density at radius 1 is 0.947 bits per heavy atom. The lowest BCUT2D eigenvalue weighted by Gasteiger charge is -2.01. The van der Waals surface area contributed by atoms with Crippen LogP contribution in [0.25, 0.3) is 0 Å². The van der Waals surface area contributed by atoms with Crippen molar-refractivity contribution in [3.63, 3.8) is 0 Å². The number of hydrogen-bond donors (Lipinski definition) is 5. The standard InChI is InChI=1S/C5H9NO4.C5H9NO3/c6-3(5(9)10)1-2-4(7)8;1-3(7)2-4(6)5(8)9/h3H,1-2,6H2,(H,7,8)(H,9,10);4H,2,6H2,1H3,(H,8,9). The highest BCUT2D eigenvalue weighted by Gasteiger charge is 2.12. The molecule has 0 aliphatic rings. The number of carbonyl (C=O) groups excluding carboxylic acids is 1. The van der Waals surface area contributed by atoms with Gasteiger partial charge in [0.2, 0.25) is 0 Å². The fourth-order valence-electron chi connectivity index (χ4n) is 0.799. The van der Waals surface area contributed by atoms with Crippen LogP contribution in [0, 0.1) is 0 Å². The second kappa shape index (κ2) is 9.97. The molecular formula is C10H18N2O7. The first kappa shape index (κ1) is 19.3. The number of Topliss-reactive ketones (excluding diaryl/α,β-unsaturated/α-hetero) is 1. The molecule has 0 aromatic carbocycles. The molecule has 19 heavy (non-hydrogen) atoms. The van der Waals surface area contributed by atoms with E-state index in [0.717, 1.165) is 0 Å². The van der Waals surface area contributed by atoms with Crippen LogP contribution in [0.15, 0.2) is 0 Å². The molecule has 0 amide bonds. The van der Waals surface area contributed by atoms with Crippen LogP contribution < -0.4 is 11.5 Å². The normalized spacial score (nSPS) is 12.6. The zero-order valence-electron chi connectivity index (χ0n) is 10.4. The van der Waals surface area contributed by atoms with E-state index in [0.29, 0.717) is 0 Å². The van der Waals surface area contributed by atoms with E-state index in [4.69, 9.17) is 26.8 Å². The molecular weight excluding hydrogens is 260 g/mol. The average Bonchev–Trinajstić information content (AvgIpc) is 2.25. The maximum absolute atomic E-state index is 10.2. The minimum absolute atomic E-state index is 0.0231. The fraction of sp³-hybridized carbons (Fsp3) is 0.600. The molecule has 0 saturated carbocycles. The maximum atomic E-state index is 10.2. The van der Waals surface area contributed by atoms with Gasteiger partial charge in [0.25, 0.3) is 0 Å². The Kier molecular flexibility index (Phi) is 10.2. The summed E-state index contributed by atoms with van der Waals surface area (Å²) < 4.78 is 0. The minimum Gasteiger partial charge on any atom is -0.481 e. The van der Waals surface area contributed by atoms with Gasteiger partial charge >= 0.3 is 17.9 Å². The Hall–Kier alpha value is -2.00. The Bertz CT molecular complexity index is 343. The third-order valence-corrected chi connectivity index (χ3v) is 1.81. The zero-order chi connectivity index (χ0) is 15.6. The summed E-state index contributed by atoms with van der Waals surface area (Å²) in [5.41, 5.74) is 10.00. The molecule has 0 fully saturated rings. The van der Waals surface area contributed by atoms with E-state index in [1.54, 1.807) is 0 Å². The number of hydrogen-bond acceptors (Lipinski definition) is 6. The monoisotopic (exact) mass is 278 g/mol. The van der Waals surface area contributed by atoms with Crippen molar-refractivity contribution in [1.29, 1.82) is 0 Å². The van der Waals surface area contributed by atoms with Crippen molar-refractivity contribution in [2.24, 2.45) is 11.5 Å². The molecule has 0 aliphatic heterocycles. The summed E-state index contributed by atoms with van der Waals surface area (Å²) in [5, 5.41) is 24.4. The van der Waals surface area contributed by atoms with Crippen LogP contribution in [-0.2, 0) is 19.2 Å². The second-order valence-electron chi connectivity index (χ2n) is 3.73. The minimum atomic E-state index is -1.17. The molecule has 0 saturated heterocycles. The van der Waals surface area contributed by atoms with Crippen molar-refractivity contribution in [1.82, 2.24) is 0 Å². The predicted molar refractivity (Wildman–Crippen MR) is 63.4 cm³/mol. The van der Waals surface area contributed by atoms with Gasteiger partial charge in [0.15, 0.2) is 0 Å². The summed E-state index contributed by atoms with van der Waals surface area (Å²) in [6.45, 7) is 1.31. The van der Waals surface area contributed by atoms with Gasteiger partial charge in [-0.1, -0.05) is 0 Å². The Morgan fingerprint density at radius 3 is 1.58 bits per heavy atom. The Balaban J connectivity index is 0. The first-order chi connectivity index (χ1) is 8.57. The summed E-state index contributed by atoms with van der Waals surface area (Å²) >= 11 is 0. The van der Waals surface area contributed by atoms with Gasteiger partial charge in [0.1, 0.15) is 17.9 Å². The SMILES string of the molecule is CC(=O)CC(N)C(=O)O.NC(CCC(=O)O)C(=O)O. The average molecular weight is 278 g/mol. The smallest absolute Gasteiger partial charge is 0.320 e. The highest BCUT2D eigenvalue weighted by atomic mass is 16.4. The molecule has 0 rings (SSSR count). The van der Waals surface area contributed by atoms with E-state index in [2.05, 4.69) is 0 Å². The highest BCUT2D eigenvalue weighted by molar-refractivity contribution is 5.83. The van der Waals surface area contributed by atoms with Gasteiger partial charge in [-0.3, -0.25) is 19.2 Å². The number of carbonyl (C=O) groups is 4. The molecule has 0 bridgehead atoms. The van der Waals surface area contributed by atoms with Gasteiger partial charge < -0.3 is 26.8 Å². The summed E-state index contributed by atoms with van der Waals surface area (Å²) in [6, 6.07) is -2.10. The quantitative estimate of drug-likeness (QED) is 0.375. The van der Waals surface area contributed by atoms with Gasteiger partial charge in [-0.25, -0.2) is 0 Å². The van der Waals surface area contributed by atoms with Crippen molar-refractivity contribution < 1.29 is 34.5 Å². The lowest BCUT2D eigenvalue weighted by atomic mass is 10.2. The molecule has 9 nitrogen and oxygen atoms in total. The van der Waals surface area contributed by atoms with Crippen LogP contribution in [0.1, 0.15) is 26.2 Å². The van der Waals surface area contributed by atoms with Gasteiger partial charge in [-0.2, -0.15) is 0 Å². The Morgan fingerprint density at radius 2 is 1.37 bits per heavy atom. The third kappa shape index (κ3) is 13.9. The first-order valence-corrected chi connectivity index (χ1v) is 5.25. The Labute approximate surface area is 109 Å². The van der Waals surface area contributed by atoms with Crippen LogP contribution in [0.5, 0.6) is 0 Å². The van der Waals surface area contributed by atoms with Crippen LogP contribution in [-0.4, -0.2) is 51.1 Å². The molecule has 9 heteroatoms. The summed E-state index contributed by atoms with van der Waals surface area (Å²) in [6.07, 6.45) is -0.312. The molecule has 0 aromatic heterocycles. The topological polar surface area (TPSA) is 181 Å². The summed E-state index contributed by atoms with van der Waals surface area (Å²) in [7, 11) is 0. The summed E-state index contributed by atoms with van der Waals surface area (Å²) in [5.74, 6) is -3.53. The van der Waals surface area contributed by atoms with Gasteiger partial charge in [0.05, 0.1) is 0 Å². The highest BCUT2D eigenvalue weighted by Crippen LogP contribution is 1.93. The summed E-state index contributed by atoms with van der Waals surface area (Å²) in [4.78, 5) is 40.0. The van der Waals surface area contributed by atoms with Crippen LogP contribution in [0.3, 0.4) is 0 Å². The van der Waals surface area contributed by atoms with E-state index in [9.17, 15) is 19.2 Å². The van der Waals surface area contributed by atoms with E-state index >= 15 is 0 Å². The number of rotatable bonds is 7. The number of nitrogens with two attached hydrogens (primary N) is 2. The molecule has 2 unspecified atom stereocenters. The van der Waals surface area contributed by atoms with Crippen molar-refractivity contribution >= 4 is 23.7 Å². The van der Waals surface area contributed by atoms with E-state index in [1.807, 2.05) is 0 Å². The molecule has 0 heterocycles. The van der Waals surface area contributed by atoms with E-state index < -0.39 is 30.0 Å². The fourth-order valence-corrected chi connectivity index (χ4v) is 0.799. The lowest BCUT2D eigenvalue weighted by Crippen LogP contribution is -2.31. The van der Waals surface area contributed by atoms with Crippen molar-refractivity contribution in [2.45, 2.75) is 38.3 Å². The van der Waals surface area contributed by atoms with Crippen LogP contribution in [0.4, 0.5) is 0 Å². The maximum Gasteiger partial charge on any atom is 0.320 e. The number of carboxylic acids is 3.